The van der Waals surface area contributed by atoms with Crippen molar-refractivity contribution in [1.29, 1.82) is 0 Å². The molecule has 1 N–H and O–H groups in total. The van der Waals surface area contributed by atoms with Crippen molar-refractivity contribution in [2.24, 2.45) is 0 Å². The first-order valence-corrected chi connectivity index (χ1v) is 8.76. The molecule has 5 nitrogen and oxygen atoms in total. The van der Waals surface area contributed by atoms with Crippen LogP contribution in [-0.2, 0) is 23.8 Å². The Morgan fingerprint density at radius 2 is 1.90 bits per heavy atom. The molecule has 29 heavy (non-hydrogen) atoms. The summed E-state index contributed by atoms with van der Waals surface area (Å²) >= 11 is 0. The minimum absolute atomic E-state index is 0.0946. The first-order chi connectivity index (χ1) is 13.9. The molecular formula is C21H15F3N2O3. The summed E-state index contributed by atoms with van der Waals surface area (Å²) in [6.07, 6.45) is 1.46. The number of hydrogen-bond donors (Lipinski definition) is 1. The smallest absolute Gasteiger partial charge is 0.352 e. The highest BCUT2D eigenvalue weighted by Crippen LogP contribution is 2.45. The Morgan fingerprint density at radius 3 is 2.62 bits per heavy atom. The molecule has 3 aromatic rings. The van der Waals surface area contributed by atoms with E-state index in [1.54, 1.807) is 18.2 Å². The lowest BCUT2D eigenvalue weighted by atomic mass is 10.1. The topological polar surface area (TPSA) is 62.6 Å². The predicted molar refractivity (Wildman–Crippen MR) is 97.8 cm³/mol. The third-order valence-corrected chi connectivity index (χ3v) is 4.69. The van der Waals surface area contributed by atoms with Gasteiger partial charge in [-0.05, 0) is 36.4 Å². The van der Waals surface area contributed by atoms with E-state index >= 15 is 0 Å². The van der Waals surface area contributed by atoms with E-state index in [4.69, 9.17) is 4.42 Å². The van der Waals surface area contributed by atoms with Gasteiger partial charge < -0.3 is 14.6 Å². The first kappa shape index (κ1) is 18.8. The van der Waals surface area contributed by atoms with Crippen LogP contribution in [0.3, 0.4) is 0 Å². The summed E-state index contributed by atoms with van der Waals surface area (Å²) in [5.41, 5.74) is -0.438. The minimum atomic E-state index is -3.75. The number of benzene rings is 2. The van der Waals surface area contributed by atoms with Gasteiger partial charge in [0.25, 0.3) is 5.91 Å². The van der Waals surface area contributed by atoms with Gasteiger partial charge in [-0.3, -0.25) is 9.59 Å². The summed E-state index contributed by atoms with van der Waals surface area (Å²) < 4.78 is 48.0. The summed E-state index contributed by atoms with van der Waals surface area (Å²) in [7, 11) is 0. The fourth-order valence-electron chi connectivity index (χ4n) is 3.19. The molecule has 2 heterocycles. The second-order valence-electron chi connectivity index (χ2n) is 6.55. The number of furan rings is 1. The highest BCUT2D eigenvalue weighted by atomic mass is 19.3. The van der Waals surface area contributed by atoms with Gasteiger partial charge in [0.1, 0.15) is 11.6 Å². The van der Waals surface area contributed by atoms with E-state index in [1.807, 2.05) is 0 Å². The second-order valence-corrected chi connectivity index (χ2v) is 6.55. The molecule has 0 aliphatic carbocycles. The monoisotopic (exact) mass is 400 g/mol. The normalized spacial score (nSPS) is 14.7. The highest BCUT2D eigenvalue weighted by molar-refractivity contribution is 6.07. The summed E-state index contributed by atoms with van der Waals surface area (Å²) in [4.78, 5) is 25.5. The van der Waals surface area contributed by atoms with Crippen molar-refractivity contribution >= 4 is 17.5 Å². The molecule has 1 aliphatic rings. The van der Waals surface area contributed by atoms with Gasteiger partial charge in [0.2, 0.25) is 0 Å². The van der Waals surface area contributed by atoms with Crippen molar-refractivity contribution in [3.05, 3.63) is 89.1 Å². The van der Waals surface area contributed by atoms with Gasteiger partial charge in [-0.25, -0.2) is 4.39 Å². The molecule has 8 heteroatoms. The molecule has 0 spiro atoms. The number of alkyl halides is 2. The van der Waals surface area contributed by atoms with E-state index in [9.17, 15) is 22.8 Å². The Labute approximate surface area is 163 Å². The molecule has 0 radical (unpaired) electrons. The van der Waals surface area contributed by atoms with Crippen LogP contribution in [0.2, 0.25) is 0 Å². The molecule has 2 amide bonds. The van der Waals surface area contributed by atoms with Gasteiger partial charge in [-0.15, -0.1) is 0 Å². The fraction of sp³-hybridized carbons (Fsp3) is 0.143. The lowest BCUT2D eigenvalue weighted by Crippen LogP contribution is -2.34. The van der Waals surface area contributed by atoms with Gasteiger partial charge in [0.15, 0.2) is 0 Å². The zero-order chi connectivity index (χ0) is 20.6. The van der Waals surface area contributed by atoms with Gasteiger partial charge in [0.05, 0.1) is 30.6 Å². The summed E-state index contributed by atoms with van der Waals surface area (Å²) in [6, 6.07) is 12.5. The third-order valence-electron chi connectivity index (χ3n) is 4.69. The van der Waals surface area contributed by atoms with Crippen molar-refractivity contribution in [2.75, 3.05) is 4.90 Å². The van der Waals surface area contributed by atoms with E-state index in [-0.39, 0.29) is 29.9 Å². The number of fused-ring (bicyclic) bond motifs is 1. The average Bonchev–Trinajstić information content (AvgIpc) is 3.29. The number of carbonyl (C=O) groups excluding carboxylic acids is 2. The van der Waals surface area contributed by atoms with Crippen molar-refractivity contribution in [3.63, 3.8) is 0 Å². The van der Waals surface area contributed by atoms with E-state index in [0.717, 1.165) is 11.0 Å². The first-order valence-electron chi connectivity index (χ1n) is 8.76. The zero-order valence-corrected chi connectivity index (χ0v) is 15.0. The van der Waals surface area contributed by atoms with Gasteiger partial charge in [-0.2, -0.15) is 8.78 Å². The van der Waals surface area contributed by atoms with Crippen LogP contribution in [0.25, 0.3) is 0 Å². The summed E-state index contributed by atoms with van der Waals surface area (Å²) in [5, 5.41) is 2.61. The molecule has 0 atom stereocenters. The lowest BCUT2D eigenvalue weighted by Gasteiger charge is -2.18. The number of hydrogen-bond acceptors (Lipinski definition) is 3. The second kappa shape index (κ2) is 7.12. The number of halogens is 3. The summed E-state index contributed by atoms with van der Waals surface area (Å²) in [6.45, 7) is -0.248. The third kappa shape index (κ3) is 3.37. The lowest BCUT2D eigenvalue weighted by molar-refractivity contribution is -0.141. The SMILES string of the molecule is O=C(NCc1ccco1)c1ccc2c(c1)N(Cc1ccccc1F)C(=O)C2(F)F. The molecule has 0 bridgehead atoms. The zero-order valence-electron chi connectivity index (χ0n) is 15.0. The maximum atomic E-state index is 14.5. The van der Waals surface area contributed by atoms with Crippen LogP contribution in [0, 0.1) is 5.82 Å². The molecule has 2 aromatic carbocycles. The number of anilines is 1. The molecular weight excluding hydrogens is 385 g/mol. The Balaban J connectivity index is 1.63. The van der Waals surface area contributed by atoms with Crippen LogP contribution in [0.5, 0.6) is 0 Å². The van der Waals surface area contributed by atoms with Crippen LogP contribution < -0.4 is 10.2 Å². The maximum absolute atomic E-state index is 14.5. The standard InChI is InChI=1S/C21H15F3N2O3/c22-17-6-2-1-4-14(17)12-26-18-10-13(7-8-16(18)21(23,24)20(26)28)19(27)25-11-15-5-3-9-29-15/h1-10H,11-12H2,(H,25,27). The Morgan fingerprint density at radius 1 is 1.10 bits per heavy atom. The van der Waals surface area contributed by atoms with E-state index in [0.29, 0.717) is 5.76 Å². The Hall–Kier alpha value is -3.55. The Kier molecular flexibility index (Phi) is 4.62. The van der Waals surface area contributed by atoms with Crippen molar-refractivity contribution < 1.29 is 27.2 Å². The molecule has 0 saturated carbocycles. The van der Waals surface area contributed by atoms with Crippen LogP contribution in [0.15, 0.2) is 65.3 Å². The highest BCUT2D eigenvalue weighted by Gasteiger charge is 2.53. The molecule has 1 aromatic heterocycles. The van der Waals surface area contributed by atoms with Gasteiger partial charge in [0, 0.05) is 11.1 Å². The number of nitrogens with zero attached hydrogens (tertiary/aromatic N) is 1. The molecule has 0 saturated heterocycles. The number of amides is 2. The van der Waals surface area contributed by atoms with Gasteiger partial charge in [-0.1, -0.05) is 18.2 Å². The van der Waals surface area contributed by atoms with Crippen LogP contribution in [-0.4, -0.2) is 11.8 Å². The largest absolute Gasteiger partial charge is 0.467 e. The number of nitrogens with one attached hydrogen (secondary N) is 1. The molecule has 1 aliphatic heterocycles. The Bertz CT molecular complexity index is 1080. The van der Waals surface area contributed by atoms with E-state index in [2.05, 4.69) is 5.32 Å². The van der Waals surface area contributed by atoms with Crippen molar-refractivity contribution in [2.45, 2.75) is 19.0 Å². The fourth-order valence-corrected chi connectivity index (χ4v) is 3.19. The quantitative estimate of drug-likeness (QED) is 0.705. The van der Waals surface area contributed by atoms with E-state index < -0.39 is 29.1 Å². The molecule has 4 rings (SSSR count). The van der Waals surface area contributed by atoms with E-state index in [1.165, 1.54) is 36.6 Å². The van der Waals surface area contributed by atoms with Crippen molar-refractivity contribution in [3.8, 4) is 0 Å². The summed E-state index contributed by atoms with van der Waals surface area (Å²) in [5.74, 6) is -5.79. The van der Waals surface area contributed by atoms with Gasteiger partial charge >= 0.3 is 11.8 Å². The molecule has 148 valence electrons. The van der Waals surface area contributed by atoms with Crippen LogP contribution >= 0.6 is 0 Å². The number of rotatable bonds is 5. The van der Waals surface area contributed by atoms with Crippen LogP contribution in [0.4, 0.5) is 18.9 Å². The molecule has 0 fully saturated rings. The maximum Gasteiger partial charge on any atom is 0.352 e. The predicted octanol–water partition coefficient (Wildman–Crippen LogP) is 3.99. The van der Waals surface area contributed by atoms with Crippen molar-refractivity contribution in [1.82, 2.24) is 5.32 Å². The van der Waals surface area contributed by atoms with Crippen LogP contribution in [0.1, 0.15) is 27.2 Å². The molecule has 0 unspecified atom stereocenters. The number of carbonyl (C=O) groups is 2. The minimum Gasteiger partial charge on any atom is -0.467 e. The average molecular weight is 400 g/mol.